The molecule has 1 aliphatic rings. The Balaban J connectivity index is 0.000000182. The van der Waals surface area contributed by atoms with Crippen molar-refractivity contribution in [3.63, 3.8) is 0 Å². The second kappa shape index (κ2) is 11.2. The summed E-state index contributed by atoms with van der Waals surface area (Å²) < 4.78 is 5.27. The fourth-order valence-corrected chi connectivity index (χ4v) is 3.40. The average molecular weight is 436 g/mol. The first kappa shape index (κ1) is 23.1. The molecule has 1 saturated heterocycles. The van der Waals surface area contributed by atoms with E-state index in [0.717, 1.165) is 65.8 Å². The molecule has 32 heavy (non-hydrogen) atoms. The van der Waals surface area contributed by atoms with Gasteiger partial charge in [-0.3, -0.25) is 9.78 Å². The van der Waals surface area contributed by atoms with Gasteiger partial charge >= 0.3 is 0 Å². The third-order valence-corrected chi connectivity index (χ3v) is 5.15. The molecule has 3 heterocycles. The number of nitrogens with one attached hydrogen (secondary N) is 1. The summed E-state index contributed by atoms with van der Waals surface area (Å²) in [5.41, 5.74) is 17.9. The Kier molecular flexibility index (Phi) is 8.07. The Morgan fingerprint density at radius 2 is 1.97 bits per heavy atom. The lowest BCUT2D eigenvalue weighted by Crippen LogP contribution is -2.36. The van der Waals surface area contributed by atoms with Crippen molar-refractivity contribution in [2.24, 2.45) is 5.73 Å². The molecule has 2 aromatic heterocycles. The SMILES string of the molecule is Cc1cc(CN)ccc1-c1cnc(N)c(C)n1.O=CNc1cnccc1N1CCOCC1. The van der Waals surface area contributed by atoms with Crippen molar-refractivity contribution in [3.8, 4) is 11.3 Å². The number of aromatic nitrogens is 3. The van der Waals surface area contributed by atoms with Gasteiger partial charge < -0.3 is 26.4 Å². The summed E-state index contributed by atoms with van der Waals surface area (Å²) in [4.78, 5) is 25.2. The highest BCUT2D eigenvalue weighted by Gasteiger charge is 2.14. The van der Waals surface area contributed by atoms with Gasteiger partial charge in [-0.1, -0.05) is 18.2 Å². The van der Waals surface area contributed by atoms with Gasteiger partial charge in [-0.25, -0.2) is 9.97 Å². The summed E-state index contributed by atoms with van der Waals surface area (Å²) in [5.74, 6) is 0.477. The molecule has 168 valence electrons. The molecule has 0 radical (unpaired) electrons. The fourth-order valence-electron chi connectivity index (χ4n) is 3.40. The van der Waals surface area contributed by atoms with Gasteiger partial charge in [0.05, 0.1) is 48.4 Å². The fraction of sp³-hybridized carbons (Fsp3) is 0.304. The van der Waals surface area contributed by atoms with Crippen molar-refractivity contribution >= 4 is 23.6 Å². The Hall–Kier alpha value is -3.56. The molecule has 0 unspecified atom stereocenters. The van der Waals surface area contributed by atoms with Crippen LogP contribution in [-0.2, 0) is 16.1 Å². The number of carbonyl (C=O) groups is 1. The maximum atomic E-state index is 10.4. The van der Waals surface area contributed by atoms with Crippen molar-refractivity contribution in [2.75, 3.05) is 42.3 Å². The van der Waals surface area contributed by atoms with Crippen LogP contribution in [0.25, 0.3) is 11.3 Å². The Morgan fingerprint density at radius 1 is 1.19 bits per heavy atom. The second-order valence-corrected chi connectivity index (χ2v) is 7.33. The van der Waals surface area contributed by atoms with Crippen molar-refractivity contribution in [1.29, 1.82) is 0 Å². The van der Waals surface area contributed by atoms with Crippen molar-refractivity contribution in [1.82, 2.24) is 15.0 Å². The summed E-state index contributed by atoms with van der Waals surface area (Å²) in [5, 5.41) is 2.65. The van der Waals surface area contributed by atoms with Crippen LogP contribution in [0.4, 0.5) is 17.2 Å². The average Bonchev–Trinajstić information content (AvgIpc) is 2.82. The van der Waals surface area contributed by atoms with Crippen LogP contribution in [0.1, 0.15) is 16.8 Å². The Labute approximate surface area is 187 Å². The van der Waals surface area contributed by atoms with E-state index in [1.54, 1.807) is 18.6 Å². The van der Waals surface area contributed by atoms with Crippen LogP contribution < -0.4 is 21.7 Å². The third-order valence-electron chi connectivity index (χ3n) is 5.15. The van der Waals surface area contributed by atoms with Crippen molar-refractivity contribution < 1.29 is 9.53 Å². The molecule has 0 aliphatic carbocycles. The first-order valence-corrected chi connectivity index (χ1v) is 10.4. The molecule has 4 rings (SSSR count). The number of rotatable bonds is 5. The standard InChI is InChI=1S/C13H16N4.C10H13N3O2/c1-8-5-10(6-14)3-4-11(8)12-7-16-13(15)9(2)17-12;14-8-12-9-7-11-2-1-10(9)13-3-5-15-6-4-13/h3-5,7H,6,14H2,1-2H3,(H2,15,16);1-2,7-8H,3-6H2,(H,12,14). The lowest BCUT2D eigenvalue weighted by molar-refractivity contribution is -0.105. The monoisotopic (exact) mass is 435 g/mol. The molecule has 1 fully saturated rings. The van der Waals surface area contributed by atoms with Gasteiger partial charge in [-0.05, 0) is 31.0 Å². The molecule has 5 N–H and O–H groups in total. The maximum Gasteiger partial charge on any atom is 0.211 e. The van der Waals surface area contributed by atoms with Crippen LogP contribution in [0.3, 0.4) is 0 Å². The molecule has 0 bridgehead atoms. The van der Waals surface area contributed by atoms with E-state index in [2.05, 4.69) is 31.2 Å². The third kappa shape index (κ3) is 5.77. The predicted octanol–water partition coefficient (Wildman–Crippen LogP) is 2.29. The normalized spacial score (nSPS) is 13.2. The Bertz CT molecular complexity index is 1050. The summed E-state index contributed by atoms with van der Waals surface area (Å²) >= 11 is 0. The first-order valence-electron chi connectivity index (χ1n) is 10.4. The van der Waals surface area contributed by atoms with E-state index in [4.69, 9.17) is 16.2 Å². The van der Waals surface area contributed by atoms with E-state index in [1.807, 2.05) is 32.0 Å². The van der Waals surface area contributed by atoms with E-state index < -0.39 is 0 Å². The molecule has 1 aliphatic heterocycles. The summed E-state index contributed by atoms with van der Waals surface area (Å²) in [7, 11) is 0. The number of carbonyl (C=O) groups excluding carboxylic acids is 1. The summed E-state index contributed by atoms with van der Waals surface area (Å²) in [6, 6.07) is 8.01. The summed E-state index contributed by atoms with van der Waals surface area (Å²) in [6.45, 7) is 7.59. The van der Waals surface area contributed by atoms with Gasteiger partial charge in [0, 0.05) is 31.4 Å². The molecule has 3 aromatic rings. The number of hydrogen-bond donors (Lipinski definition) is 3. The van der Waals surface area contributed by atoms with Crippen LogP contribution in [0.5, 0.6) is 0 Å². The number of anilines is 3. The molecule has 0 spiro atoms. The number of pyridine rings is 1. The van der Waals surface area contributed by atoms with Crippen LogP contribution in [0.15, 0.2) is 42.9 Å². The van der Waals surface area contributed by atoms with E-state index in [-0.39, 0.29) is 0 Å². The number of amides is 1. The lowest BCUT2D eigenvalue weighted by Gasteiger charge is -2.29. The molecule has 1 aromatic carbocycles. The van der Waals surface area contributed by atoms with Crippen LogP contribution >= 0.6 is 0 Å². The number of benzene rings is 1. The molecule has 1 amide bonds. The van der Waals surface area contributed by atoms with Crippen LogP contribution in [-0.4, -0.2) is 47.7 Å². The number of hydrogen-bond acceptors (Lipinski definition) is 8. The molecular weight excluding hydrogens is 406 g/mol. The zero-order valence-corrected chi connectivity index (χ0v) is 18.4. The zero-order chi connectivity index (χ0) is 22.9. The lowest BCUT2D eigenvalue weighted by atomic mass is 10.0. The quantitative estimate of drug-likeness (QED) is 0.520. The predicted molar refractivity (Wildman–Crippen MR) is 126 cm³/mol. The minimum atomic E-state index is 0.477. The minimum absolute atomic E-state index is 0.477. The smallest absolute Gasteiger partial charge is 0.211 e. The van der Waals surface area contributed by atoms with E-state index in [0.29, 0.717) is 18.8 Å². The number of nitrogens with zero attached hydrogens (tertiary/aromatic N) is 4. The molecule has 0 atom stereocenters. The number of nitrogen functional groups attached to an aromatic ring is 1. The molecular formula is C23H29N7O2. The summed E-state index contributed by atoms with van der Waals surface area (Å²) in [6.07, 6.45) is 5.74. The number of morpholine rings is 1. The van der Waals surface area contributed by atoms with Gasteiger partial charge in [0.1, 0.15) is 5.82 Å². The first-order chi connectivity index (χ1) is 15.5. The highest BCUT2D eigenvalue weighted by atomic mass is 16.5. The van der Waals surface area contributed by atoms with Gasteiger partial charge in [-0.15, -0.1) is 0 Å². The highest BCUT2D eigenvalue weighted by molar-refractivity contribution is 5.80. The minimum Gasteiger partial charge on any atom is -0.382 e. The molecule has 9 nitrogen and oxygen atoms in total. The van der Waals surface area contributed by atoms with Gasteiger partial charge in [0.15, 0.2) is 0 Å². The van der Waals surface area contributed by atoms with Crippen molar-refractivity contribution in [3.05, 3.63) is 59.7 Å². The zero-order valence-electron chi connectivity index (χ0n) is 18.4. The van der Waals surface area contributed by atoms with E-state index >= 15 is 0 Å². The van der Waals surface area contributed by atoms with Gasteiger partial charge in [0.25, 0.3) is 0 Å². The highest BCUT2D eigenvalue weighted by Crippen LogP contribution is 2.25. The second-order valence-electron chi connectivity index (χ2n) is 7.33. The van der Waals surface area contributed by atoms with Crippen molar-refractivity contribution in [2.45, 2.75) is 20.4 Å². The van der Waals surface area contributed by atoms with Gasteiger partial charge in [0.2, 0.25) is 6.41 Å². The molecule has 9 heteroatoms. The van der Waals surface area contributed by atoms with Crippen LogP contribution in [0.2, 0.25) is 0 Å². The number of ether oxygens (including phenoxy) is 1. The van der Waals surface area contributed by atoms with E-state index in [1.165, 1.54) is 0 Å². The molecule has 0 saturated carbocycles. The van der Waals surface area contributed by atoms with Crippen LogP contribution in [0, 0.1) is 13.8 Å². The largest absolute Gasteiger partial charge is 0.382 e. The maximum absolute atomic E-state index is 10.4. The number of nitrogens with two attached hydrogens (primary N) is 2. The topological polar surface area (TPSA) is 132 Å². The van der Waals surface area contributed by atoms with E-state index in [9.17, 15) is 4.79 Å². The van der Waals surface area contributed by atoms with Gasteiger partial charge in [-0.2, -0.15) is 0 Å². The Morgan fingerprint density at radius 3 is 2.62 bits per heavy atom. The number of aryl methyl sites for hydroxylation is 2.